The van der Waals surface area contributed by atoms with Crippen LogP contribution >= 0.6 is 15.9 Å². The van der Waals surface area contributed by atoms with E-state index >= 15 is 0 Å². The molecule has 2 N–H and O–H groups in total. The molecule has 2 aromatic carbocycles. The van der Waals surface area contributed by atoms with Gasteiger partial charge in [0, 0.05) is 5.56 Å². The van der Waals surface area contributed by atoms with Crippen molar-refractivity contribution in [3.05, 3.63) is 64.7 Å². The third-order valence-electron chi connectivity index (χ3n) is 4.89. The van der Waals surface area contributed by atoms with Crippen molar-refractivity contribution in [3.8, 4) is 11.1 Å². The van der Waals surface area contributed by atoms with E-state index in [4.69, 9.17) is 5.14 Å². The van der Waals surface area contributed by atoms with E-state index in [0.717, 1.165) is 36.0 Å². The summed E-state index contributed by atoms with van der Waals surface area (Å²) in [7, 11) is -3.90. The molecule has 8 nitrogen and oxygen atoms in total. The zero-order valence-electron chi connectivity index (χ0n) is 19.6. The Labute approximate surface area is 209 Å². The first-order valence-electron chi connectivity index (χ1n) is 11.0. The van der Waals surface area contributed by atoms with Gasteiger partial charge in [-0.25, -0.2) is 23.2 Å². The maximum absolute atomic E-state index is 12.3. The molecule has 3 rings (SSSR count). The second-order valence-corrected chi connectivity index (χ2v) is 10.4. The van der Waals surface area contributed by atoms with Gasteiger partial charge in [-0.2, -0.15) is 5.10 Å². The Morgan fingerprint density at radius 3 is 2.41 bits per heavy atom. The van der Waals surface area contributed by atoms with Crippen LogP contribution in [-0.2, 0) is 32.5 Å². The summed E-state index contributed by atoms with van der Waals surface area (Å²) in [6.07, 6.45) is 4.31. The molecule has 0 atom stereocenters. The highest BCUT2D eigenvalue weighted by Gasteiger charge is 2.20. The van der Waals surface area contributed by atoms with Crippen LogP contribution in [0.5, 0.6) is 0 Å². The molecule has 0 saturated heterocycles. The number of carbonyl (C=O) groups is 1. The SMILES string of the molecule is CC(C)Cc1cc(-c2ccccc2)c(S(N)(=O)=O)cc1Cn1ncnc1Br.CCCCOC=O. The first kappa shape index (κ1) is 27.7. The number of hydrogen-bond donors (Lipinski definition) is 1. The van der Waals surface area contributed by atoms with Gasteiger partial charge in [-0.1, -0.05) is 57.5 Å². The summed E-state index contributed by atoms with van der Waals surface area (Å²) in [5.74, 6) is 0.409. The number of primary sulfonamides is 1. The number of aromatic nitrogens is 3. The number of sulfonamides is 1. The maximum Gasteiger partial charge on any atom is 0.293 e. The lowest BCUT2D eigenvalue weighted by Crippen LogP contribution is -2.16. The van der Waals surface area contributed by atoms with Gasteiger partial charge in [0.25, 0.3) is 6.47 Å². The number of ether oxygens (including phenoxy) is 1. The molecule has 0 amide bonds. The lowest BCUT2D eigenvalue weighted by Gasteiger charge is -2.17. The molecule has 1 heterocycles. The van der Waals surface area contributed by atoms with Crippen molar-refractivity contribution in [2.75, 3.05) is 6.61 Å². The number of carbonyl (C=O) groups excluding carboxylic acids is 1. The quantitative estimate of drug-likeness (QED) is 0.292. The zero-order chi connectivity index (χ0) is 25.1. The number of nitrogens with two attached hydrogens (primary N) is 1. The van der Waals surface area contributed by atoms with E-state index < -0.39 is 10.0 Å². The topological polar surface area (TPSA) is 117 Å². The van der Waals surface area contributed by atoms with Crippen LogP contribution in [0.25, 0.3) is 11.1 Å². The molecule has 10 heteroatoms. The van der Waals surface area contributed by atoms with Gasteiger partial charge in [0.15, 0.2) is 4.73 Å². The summed E-state index contributed by atoms with van der Waals surface area (Å²) in [5, 5.41) is 9.73. The second kappa shape index (κ2) is 13.4. The smallest absolute Gasteiger partial charge is 0.293 e. The molecule has 0 fully saturated rings. The highest BCUT2D eigenvalue weighted by Crippen LogP contribution is 2.31. The van der Waals surface area contributed by atoms with Crippen molar-refractivity contribution in [1.82, 2.24) is 14.8 Å². The van der Waals surface area contributed by atoms with E-state index in [1.54, 1.807) is 10.7 Å². The molecule has 0 bridgehead atoms. The van der Waals surface area contributed by atoms with Crippen LogP contribution in [0, 0.1) is 5.92 Å². The van der Waals surface area contributed by atoms with Crippen molar-refractivity contribution in [1.29, 1.82) is 0 Å². The molecule has 184 valence electrons. The minimum atomic E-state index is -3.90. The van der Waals surface area contributed by atoms with Gasteiger partial charge in [0.05, 0.1) is 18.0 Å². The molecule has 0 spiro atoms. The fraction of sp³-hybridized carbons (Fsp3) is 0.375. The number of halogens is 1. The van der Waals surface area contributed by atoms with Crippen molar-refractivity contribution < 1.29 is 17.9 Å². The van der Waals surface area contributed by atoms with E-state index in [9.17, 15) is 13.2 Å². The van der Waals surface area contributed by atoms with Crippen LogP contribution in [0.4, 0.5) is 0 Å². The van der Waals surface area contributed by atoms with Gasteiger partial charge >= 0.3 is 0 Å². The molecule has 0 aliphatic heterocycles. The average molecular weight is 552 g/mol. The van der Waals surface area contributed by atoms with Gasteiger partial charge in [-0.15, -0.1) is 0 Å². The highest BCUT2D eigenvalue weighted by molar-refractivity contribution is 9.10. The van der Waals surface area contributed by atoms with E-state index in [2.05, 4.69) is 44.6 Å². The predicted octanol–water partition coefficient (Wildman–Crippen LogP) is 4.56. The van der Waals surface area contributed by atoms with Crippen LogP contribution in [0.15, 0.2) is 58.4 Å². The number of benzene rings is 2. The van der Waals surface area contributed by atoms with E-state index in [0.29, 0.717) is 35.8 Å². The summed E-state index contributed by atoms with van der Waals surface area (Å²) in [5.41, 5.74) is 3.37. The Hall–Kier alpha value is -2.56. The van der Waals surface area contributed by atoms with E-state index in [-0.39, 0.29) is 4.90 Å². The van der Waals surface area contributed by atoms with E-state index in [1.807, 2.05) is 43.3 Å². The number of nitrogens with zero attached hydrogens (tertiary/aromatic N) is 3. The normalized spacial score (nSPS) is 11.1. The highest BCUT2D eigenvalue weighted by atomic mass is 79.9. The largest absolute Gasteiger partial charge is 0.468 e. The third-order valence-corrected chi connectivity index (χ3v) is 6.46. The molecule has 0 aliphatic rings. The zero-order valence-corrected chi connectivity index (χ0v) is 22.0. The molecule has 0 saturated carbocycles. The van der Waals surface area contributed by atoms with Gasteiger partial charge in [0.1, 0.15) is 6.33 Å². The number of rotatable bonds is 10. The van der Waals surface area contributed by atoms with E-state index in [1.165, 1.54) is 6.33 Å². The number of hydrogen-bond acceptors (Lipinski definition) is 6. The summed E-state index contributed by atoms with van der Waals surface area (Å²) in [6, 6.07) is 13.0. The Morgan fingerprint density at radius 1 is 1.18 bits per heavy atom. The lowest BCUT2D eigenvalue weighted by atomic mass is 9.93. The molecule has 0 radical (unpaired) electrons. The first-order chi connectivity index (χ1) is 16.2. The van der Waals surface area contributed by atoms with Crippen LogP contribution in [0.1, 0.15) is 44.7 Å². The monoisotopic (exact) mass is 550 g/mol. The lowest BCUT2D eigenvalue weighted by molar-refractivity contribution is -0.128. The van der Waals surface area contributed by atoms with Crippen molar-refractivity contribution in [2.24, 2.45) is 11.1 Å². The second-order valence-electron chi connectivity index (χ2n) is 8.13. The summed E-state index contributed by atoms with van der Waals surface area (Å²) in [6.45, 7) is 7.76. The van der Waals surface area contributed by atoms with Gasteiger partial charge < -0.3 is 4.74 Å². The fourth-order valence-electron chi connectivity index (χ4n) is 3.32. The minimum absolute atomic E-state index is 0.118. The van der Waals surface area contributed by atoms with Gasteiger partial charge in [-0.05, 0) is 63.5 Å². The van der Waals surface area contributed by atoms with Crippen molar-refractivity contribution in [3.63, 3.8) is 0 Å². The molecule has 3 aromatic rings. The summed E-state index contributed by atoms with van der Waals surface area (Å²) in [4.78, 5) is 13.6. The predicted molar refractivity (Wildman–Crippen MR) is 136 cm³/mol. The van der Waals surface area contributed by atoms with Crippen molar-refractivity contribution in [2.45, 2.75) is 51.5 Å². The molecule has 34 heavy (non-hydrogen) atoms. The summed E-state index contributed by atoms with van der Waals surface area (Å²) < 4.78 is 31.3. The Bertz CT molecular complexity index is 1160. The Morgan fingerprint density at radius 2 is 1.88 bits per heavy atom. The van der Waals surface area contributed by atoms with Gasteiger partial charge in [0.2, 0.25) is 10.0 Å². The molecule has 1 aromatic heterocycles. The molecule has 0 unspecified atom stereocenters. The van der Waals surface area contributed by atoms with Gasteiger partial charge in [-0.3, -0.25) is 4.79 Å². The van der Waals surface area contributed by atoms with Crippen molar-refractivity contribution >= 4 is 32.4 Å². The average Bonchev–Trinajstić information content (AvgIpc) is 3.19. The number of unbranched alkanes of at least 4 members (excludes halogenated alkanes) is 1. The Balaban J connectivity index is 0.000000509. The molecular weight excluding hydrogens is 520 g/mol. The summed E-state index contributed by atoms with van der Waals surface area (Å²) >= 11 is 3.35. The van der Waals surface area contributed by atoms with Crippen LogP contribution in [0.2, 0.25) is 0 Å². The first-order valence-corrected chi connectivity index (χ1v) is 13.3. The maximum atomic E-state index is 12.3. The third kappa shape index (κ3) is 8.34. The molecule has 0 aliphatic carbocycles. The standard InChI is InChI=1S/C19H21BrN4O2S.C5H10O2/c1-13(2)8-15-9-17(14-6-4-3-5-7-14)18(27(21,25)26)10-16(15)11-24-19(20)22-12-23-24;1-2-3-4-7-5-6/h3-7,9-10,12-13H,8,11H2,1-2H3,(H2,21,25,26);5H,2-4H2,1H3. The van der Waals surface area contributed by atoms with Crippen LogP contribution in [0.3, 0.4) is 0 Å². The molecular formula is C24H31BrN4O4S. The van der Waals surface area contributed by atoms with Crippen LogP contribution < -0.4 is 5.14 Å². The fourth-order valence-corrected chi connectivity index (χ4v) is 4.41. The van der Waals surface area contributed by atoms with Crippen LogP contribution in [-0.4, -0.2) is 36.3 Å². The minimum Gasteiger partial charge on any atom is -0.468 e. The Kier molecular flexibility index (Phi) is 10.9.